The van der Waals surface area contributed by atoms with Crippen LogP contribution in [0, 0.1) is 40.9 Å². The van der Waals surface area contributed by atoms with Gasteiger partial charge in [0.05, 0.1) is 18.1 Å². The first-order valence-electron chi connectivity index (χ1n) is 13.9. The molecule has 11 nitrogen and oxygen atoms in total. The van der Waals surface area contributed by atoms with E-state index in [1.165, 1.54) is 33.2 Å². The molecule has 2 aromatic rings. The summed E-state index contributed by atoms with van der Waals surface area (Å²) in [6.45, 7) is 5.75. The van der Waals surface area contributed by atoms with Crippen LogP contribution in [-0.2, 0) is 25.5 Å². The first kappa shape index (κ1) is 35.1. The maximum Gasteiger partial charge on any atom is 0.329 e. The van der Waals surface area contributed by atoms with Crippen molar-refractivity contribution in [3.8, 4) is 5.75 Å². The van der Waals surface area contributed by atoms with Gasteiger partial charge in [-0.25, -0.2) is 31.7 Å². The number of carbonyl (C=O) groups is 4. The lowest BCUT2D eigenvalue weighted by Crippen LogP contribution is -2.61. The van der Waals surface area contributed by atoms with E-state index in [9.17, 15) is 51.3 Å². The van der Waals surface area contributed by atoms with Crippen LogP contribution in [0.25, 0.3) is 0 Å². The normalized spacial score (nSPS) is 25.5. The van der Waals surface area contributed by atoms with E-state index in [4.69, 9.17) is 4.74 Å². The molecule has 1 saturated heterocycles. The fraction of sp³-hybridized carbons (Fsp3) is 0.483. The highest BCUT2D eigenvalue weighted by atomic mass is 19.2. The molecule has 0 radical (unpaired) electrons. The predicted molar refractivity (Wildman–Crippen MR) is 146 cm³/mol. The van der Waals surface area contributed by atoms with Gasteiger partial charge in [-0.3, -0.25) is 14.4 Å². The summed E-state index contributed by atoms with van der Waals surface area (Å²) in [5.74, 6) is -18.1. The van der Waals surface area contributed by atoms with Crippen molar-refractivity contribution in [2.24, 2.45) is 11.8 Å². The molecule has 1 fully saturated rings. The number of cyclic esters (lactones) is 1. The number of carbonyl (C=O) groups excluding carboxylic acids is 4. The molecule has 3 rings (SSSR count). The van der Waals surface area contributed by atoms with Crippen LogP contribution in [0.2, 0.25) is 0 Å². The number of hydrogen-bond acceptors (Lipinski definition) is 8. The third kappa shape index (κ3) is 7.16. The minimum absolute atomic E-state index is 0.366. The van der Waals surface area contributed by atoms with Crippen LogP contribution in [0.1, 0.15) is 50.2 Å². The maximum absolute atomic E-state index is 14.7. The van der Waals surface area contributed by atoms with Gasteiger partial charge in [0, 0.05) is 25.2 Å². The summed E-state index contributed by atoms with van der Waals surface area (Å²) in [7, 11) is 1.25. The minimum atomic E-state index is -2.42. The number of aliphatic hydroxyl groups is 1. The molecule has 1 aromatic carbocycles. The van der Waals surface area contributed by atoms with Gasteiger partial charge in [-0.1, -0.05) is 27.2 Å². The van der Waals surface area contributed by atoms with Gasteiger partial charge < -0.3 is 30.5 Å². The molecule has 1 aliphatic heterocycles. The number of aromatic nitrogens is 1. The van der Waals surface area contributed by atoms with Gasteiger partial charge in [-0.05, 0) is 25.0 Å². The van der Waals surface area contributed by atoms with Crippen LogP contribution < -0.4 is 10.6 Å². The van der Waals surface area contributed by atoms with Crippen molar-refractivity contribution < 1.29 is 56.1 Å². The Morgan fingerprint density at radius 1 is 1.09 bits per heavy atom. The molecule has 7 atom stereocenters. The molecule has 0 bridgehead atoms. The van der Waals surface area contributed by atoms with Gasteiger partial charge in [0.1, 0.15) is 23.9 Å². The molecule has 0 spiro atoms. The number of nitrogens with one attached hydrogen (secondary N) is 2. The molecular weight excluding hydrogens is 611 g/mol. The zero-order valence-corrected chi connectivity index (χ0v) is 24.9. The van der Waals surface area contributed by atoms with Gasteiger partial charge in [0.2, 0.25) is 17.6 Å². The Morgan fingerprint density at radius 2 is 1.67 bits per heavy atom. The second-order valence-electron chi connectivity index (χ2n) is 10.9. The third-order valence-corrected chi connectivity index (χ3v) is 7.90. The number of amides is 3. The summed E-state index contributed by atoms with van der Waals surface area (Å²) < 4.78 is 76.7. The van der Waals surface area contributed by atoms with E-state index >= 15 is 0 Å². The molecule has 0 aliphatic carbocycles. The summed E-state index contributed by atoms with van der Waals surface area (Å²) in [6.07, 6.45) is -3.18. The average Bonchev–Trinajstić information content (AvgIpc) is 3.01. The number of aromatic hydroxyl groups is 1. The lowest BCUT2D eigenvalue weighted by molar-refractivity contribution is -0.165. The standard InChI is InChI=1S/C29H33F5N4O7/c1-6-11(2)24-29(44)45-13(4)22(37-27(42)23-16(39)8-7-9-35-23)26(41)36-15(25(40)12(3)28(43)38(24)5)10-14-17(30)19(32)21(34)20(33)18(14)31/h7-9,11-13,15,22,24-25,39-40H,6,10H2,1-5H3,(H,36,41)(H,37,42)/t11?,12-,13-,15+,22+,24?,25+/m1/s1. The number of aliphatic hydroxyl groups excluding tert-OH is 1. The van der Waals surface area contributed by atoms with E-state index in [-0.39, 0.29) is 0 Å². The van der Waals surface area contributed by atoms with Crippen molar-refractivity contribution in [2.45, 2.75) is 70.9 Å². The predicted octanol–water partition coefficient (Wildman–Crippen LogP) is 2.12. The Labute approximate surface area is 254 Å². The largest absolute Gasteiger partial charge is 0.505 e. The van der Waals surface area contributed by atoms with Crippen molar-refractivity contribution in [3.05, 3.63) is 58.7 Å². The zero-order valence-electron chi connectivity index (χ0n) is 24.9. The lowest BCUT2D eigenvalue weighted by atomic mass is 9.89. The molecule has 4 N–H and O–H groups in total. The highest BCUT2D eigenvalue weighted by molar-refractivity contribution is 5.98. The first-order valence-corrected chi connectivity index (χ1v) is 13.9. The smallest absolute Gasteiger partial charge is 0.329 e. The van der Waals surface area contributed by atoms with Gasteiger partial charge in [0.15, 0.2) is 29.0 Å². The quantitative estimate of drug-likeness (QED) is 0.161. The fourth-order valence-corrected chi connectivity index (χ4v) is 5.03. The topological polar surface area (TPSA) is 158 Å². The second kappa shape index (κ2) is 14.2. The van der Waals surface area contributed by atoms with Crippen LogP contribution in [0.3, 0.4) is 0 Å². The molecule has 16 heteroatoms. The van der Waals surface area contributed by atoms with Crippen molar-refractivity contribution in [1.29, 1.82) is 0 Å². The zero-order chi connectivity index (χ0) is 33.9. The van der Waals surface area contributed by atoms with Crippen LogP contribution in [0.4, 0.5) is 22.0 Å². The van der Waals surface area contributed by atoms with E-state index in [0.717, 1.165) is 11.0 Å². The Morgan fingerprint density at radius 3 is 2.22 bits per heavy atom. The fourth-order valence-electron chi connectivity index (χ4n) is 5.03. The Bertz CT molecular complexity index is 1450. The van der Waals surface area contributed by atoms with Crippen molar-refractivity contribution in [1.82, 2.24) is 20.5 Å². The number of hydrogen-bond donors (Lipinski definition) is 4. The maximum atomic E-state index is 14.7. The van der Waals surface area contributed by atoms with Gasteiger partial charge in [-0.2, -0.15) is 0 Å². The number of halogens is 5. The number of nitrogens with zero attached hydrogens (tertiary/aromatic N) is 2. The Hall–Kier alpha value is -4.34. The number of esters is 1. The molecule has 45 heavy (non-hydrogen) atoms. The second-order valence-corrected chi connectivity index (χ2v) is 10.9. The molecule has 1 aromatic heterocycles. The number of pyridine rings is 1. The highest BCUT2D eigenvalue weighted by Gasteiger charge is 2.43. The number of rotatable bonds is 6. The summed E-state index contributed by atoms with van der Waals surface area (Å²) in [6, 6.07) is -2.51. The molecule has 0 saturated carbocycles. The van der Waals surface area contributed by atoms with Crippen LogP contribution in [0.5, 0.6) is 5.75 Å². The molecule has 2 heterocycles. The Balaban J connectivity index is 2.15. The highest BCUT2D eigenvalue weighted by Crippen LogP contribution is 2.27. The number of ether oxygens (including phenoxy) is 1. The SMILES string of the molecule is CCC(C)C1C(=O)O[C@H](C)[C@H](NC(=O)c2ncccc2O)C(=O)N[C@@H](Cc2c(F)c(F)c(F)c(F)c2F)[C@@H](O)[C@@H](C)C(=O)N1C. The number of benzene rings is 1. The molecule has 3 amide bonds. The van der Waals surface area contributed by atoms with Gasteiger partial charge in [-0.15, -0.1) is 0 Å². The monoisotopic (exact) mass is 644 g/mol. The number of likely N-dealkylation sites (N-methyl/N-ethyl adjacent to an activating group) is 1. The van der Waals surface area contributed by atoms with Crippen molar-refractivity contribution >= 4 is 23.7 Å². The first-order chi connectivity index (χ1) is 21.0. The lowest BCUT2D eigenvalue weighted by Gasteiger charge is -2.38. The van der Waals surface area contributed by atoms with E-state index in [2.05, 4.69) is 15.6 Å². The van der Waals surface area contributed by atoms with Gasteiger partial charge in [0.25, 0.3) is 5.91 Å². The summed E-state index contributed by atoms with van der Waals surface area (Å²) in [5.41, 5.74) is -1.91. The van der Waals surface area contributed by atoms with Crippen molar-refractivity contribution in [3.63, 3.8) is 0 Å². The summed E-state index contributed by atoms with van der Waals surface area (Å²) >= 11 is 0. The molecule has 1 aliphatic rings. The Kier molecular flexibility index (Phi) is 11.1. The van der Waals surface area contributed by atoms with E-state index < -0.39 is 118 Å². The van der Waals surface area contributed by atoms with E-state index in [0.29, 0.717) is 6.42 Å². The van der Waals surface area contributed by atoms with Crippen LogP contribution in [0.15, 0.2) is 18.3 Å². The van der Waals surface area contributed by atoms with Crippen molar-refractivity contribution in [2.75, 3.05) is 7.05 Å². The van der Waals surface area contributed by atoms with E-state index in [1.54, 1.807) is 13.8 Å². The average molecular weight is 645 g/mol. The minimum Gasteiger partial charge on any atom is -0.505 e. The molecule has 2 unspecified atom stereocenters. The molecule has 246 valence electrons. The van der Waals surface area contributed by atoms with Crippen LogP contribution >= 0.6 is 0 Å². The third-order valence-electron chi connectivity index (χ3n) is 7.90. The molecular formula is C29H33F5N4O7. The summed E-state index contributed by atoms with van der Waals surface area (Å²) in [5, 5.41) is 25.8. The van der Waals surface area contributed by atoms with Gasteiger partial charge >= 0.3 is 5.97 Å². The summed E-state index contributed by atoms with van der Waals surface area (Å²) in [4.78, 5) is 58.2. The van der Waals surface area contributed by atoms with Crippen LogP contribution in [-0.4, -0.2) is 81.2 Å². The van der Waals surface area contributed by atoms with E-state index in [1.807, 2.05) is 0 Å².